The fourth-order valence-corrected chi connectivity index (χ4v) is 2.35. The number of para-hydroxylation sites is 2. The maximum absolute atomic E-state index is 5.99. The fraction of sp³-hybridized carbons (Fsp3) is 0.467. The van der Waals surface area contributed by atoms with Gasteiger partial charge in [-0.2, -0.15) is 0 Å². The van der Waals surface area contributed by atoms with E-state index in [2.05, 4.69) is 15.3 Å². The van der Waals surface area contributed by atoms with Crippen molar-refractivity contribution in [1.82, 2.24) is 15.3 Å². The van der Waals surface area contributed by atoms with Gasteiger partial charge in [0.1, 0.15) is 6.10 Å². The average Bonchev–Trinajstić information content (AvgIpc) is 2.49. The Hall–Kier alpha value is -1.88. The number of nitrogens with one attached hydrogen (secondary N) is 1. The van der Waals surface area contributed by atoms with Crippen LogP contribution in [-0.2, 0) is 0 Å². The zero-order valence-electron chi connectivity index (χ0n) is 11.6. The van der Waals surface area contributed by atoms with Gasteiger partial charge in [-0.1, -0.05) is 12.1 Å². The SMILES string of the molecule is CCOc1nc2ccccc2nc1O[C@H]1CCCNC1. The third kappa shape index (κ3) is 2.82. The molecule has 1 aliphatic heterocycles. The predicted octanol–water partition coefficient (Wildman–Crippen LogP) is 2.16. The number of fused-ring (bicyclic) bond motifs is 1. The van der Waals surface area contributed by atoms with Gasteiger partial charge < -0.3 is 14.8 Å². The molecule has 2 aromatic rings. The monoisotopic (exact) mass is 273 g/mol. The lowest BCUT2D eigenvalue weighted by Crippen LogP contribution is -2.37. The highest BCUT2D eigenvalue weighted by Gasteiger charge is 2.19. The summed E-state index contributed by atoms with van der Waals surface area (Å²) in [5, 5.41) is 3.33. The molecule has 0 radical (unpaired) electrons. The van der Waals surface area contributed by atoms with Crippen LogP contribution in [0.2, 0.25) is 0 Å². The maximum atomic E-state index is 5.99. The third-order valence-corrected chi connectivity index (χ3v) is 3.32. The van der Waals surface area contributed by atoms with Crippen molar-refractivity contribution >= 4 is 11.0 Å². The Morgan fingerprint density at radius 2 is 1.95 bits per heavy atom. The summed E-state index contributed by atoms with van der Waals surface area (Å²) in [5.41, 5.74) is 1.65. The Kier molecular flexibility index (Phi) is 3.97. The van der Waals surface area contributed by atoms with Gasteiger partial charge in [0.2, 0.25) is 0 Å². The summed E-state index contributed by atoms with van der Waals surface area (Å²) < 4.78 is 11.6. The Morgan fingerprint density at radius 1 is 1.20 bits per heavy atom. The fourth-order valence-electron chi connectivity index (χ4n) is 2.35. The molecule has 0 unspecified atom stereocenters. The molecule has 1 saturated heterocycles. The first kappa shape index (κ1) is 13.1. The Bertz CT molecular complexity index is 582. The minimum Gasteiger partial charge on any atom is -0.474 e. The normalized spacial score (nSPS) is 18.9. The molecule has 0 amide bonds. The smallest absolute Gasteiger partial charge is 0.279 e. The number of ether oxygens (including phenoxy) is 2. The van der Waals surface area contributed by atoms with Crippen molar-refractivity contribution in [3.05, 3.63) is 24.3 Å². The van der Waals surface area contributed by atoms with E-state index < -0.39 is 0 Å². The van der Waals surface area contributed by atoms with Crippen LogP contribution in [0.1, 0.15) is 19.8 Å². The van der Waals surface area contributed by atoms with Crippen LogP contribution in [0.15, 0.2) is 24.3 Å². The Morgan fingerprint density at radius 3 is 2.60 bits per heavy atom. The molecule has 0 saturated carbocycles. The molecule has 1 aromatic heterocycles. The Labute approximate surface area is 118 Å². The lowest BCUT2D eigenvalue weighted by molar-refractivity contribution is 0.151. The second-order valence-corrected chi connectivity index (χ2v) is 4.84. The van der Waals surface area contributed by atoms with Gasteiger partial charge in [-0.15, -0.1) is 0 Å². The largest absolute Gasteiger partial charge is 0.474 e. The van der Waals surface area contributed by atoms with Gasteiger partial charge in [0.15, 0.2) is 0 Å². The summed E-state index contributed by atoms with van der Waals surface area (Å²) >= 11 is 0. The Balaban J connectivity index is 1.91. The van der Waals surface area contributed by atoms with E-state index in [0.717, 1.165) is 37.0 Å². The topological polar surface area (TPSA) is 56.3 Å². The zero-order chi connectivity index (χ0) is 13.8. The average molecular weight is 273 g/mol. The van der Waals surface area contributed by atoms with Crippen LogP contribution in [0.25, 0.3) is 11.0 Å². The van der Waals surface area contributed by atoms with Crippen LogP contribution in [0.4, 0.5) is 0 Å². The predicted molar refractivity (Wildman–Crippen MR) is 77.2 cm³/mol. The van der Waals surface area contributed by atoms with E-state index in [4.69, 9.17) is 9.47 Å². The van der Waals surface area contributed by atoms with Crippen LogP contribution in [0, 0.1) is 0 Å². The van der Waals surface area contributed by atoms with Gasteiger partial charge in [-0.05, 0) is 38.4 Å². The van der Waals surface area contributed by atoms with E-state index in [1.807, 2.05) is 31.2 Å². The minimum atomic E-state index is 0.137. The lowest BCUT2D eigenvalue weighted by Gasteiger charge is -2.24. The number of hydrogen-bond donors (Lipinski definition) is 1. The highest BCUT2D eigenvalue weighted by atomic mass is 16.5. The minimum absolute atomic E-state index is 0.137. The maximum Gasteiger partial charge on any atom is 0.279 e. The second-order valence-electron chi connectivity index (χ2n) is 4.84. The number of rotatable bonds is 4. The summed E-state index contributed by atoms with van der Waals surface area (Å²) in [4.78, 5) is 9.05. The second kappa shape index (κ2) is 6.05. The van der Waals surface area contributed by atoms with Crippen molar-refractivity contribution in [3.63, 3.8) is 0 Å². The molecule has 1 aliphatic rings. The first-order chi connectivity index (χ1) is 9.86. The van der Waals surface area contributed by atoms with Crippen molar-refractivity contribution < 1.29 is 9.47 Å². The molecule has 106 valence electrons. The van der Waals surface area contributed by atoms with Crippen molar-refractivity contribution in [2.45, 2.75) is 25.9 Å². The van der Waals surface area contributed by atoms with Crippen LogP contribution < -0.4 is 14.8 Å². The number of aromatic nitrogens is 2. The van der Waals surface area contributed by atoms with Crippen molar-refractivity contribution in [2.24, 2.45) is 0 Å². The van der Waals surface area contributed by atoms with Crippen LogP contribution >= 0.6 is 0 Å². The highest BCUT2D eigenvalue weighted by Crippen LogP contribution is 2.27. The van der Waals surface area contributed by atoms with E-state index in [9.17, 15) is 0 Å². The van der Waals surface area contributed by atoms with E-state index in [0.29, 0.717) is 18.4 Å². The van der Waals surface area contributed by atoms with Crippen molar-refractivity contribution in [3.8, 4) is 11.8 Å². The summed E-state index contributed by atoms with van der Waals surface area (Å²) in [7, 11) is 0. The van der Waals surface area contributed by atoms with E-state index in [-0.39, 0.29) is 6.10 Å². The van der Waals surface area contributed by atoms with Gasteiger partial charge >= 0.3 is 0 Å². The van der Waals surface area contributed by atoms with E-state index >= 15 is 0 Å². The van der Waals surface area contributed by atoms with Gasteiger partial charge in [0.25, 0.3) is 11.8 Å². The summed E-state index contributed by atoms with van der Waals surface area (Å²) in [6, 6.07) is 7.75. The zero-order valence-corrected chi connectivity index (χ0v) is 11.6. The van der Waals surface area contributed by atoms with Gasteiger partial charge in [-0.3, -0.25) is 0 Å². The number of nitrogens with zero attached hydrogens (tertiary/aromatic N) is 2. The summed E-state index contributed by atoms with van der Waals surface area (Å²) in [6.07, 6.45) is 2.29. The quantitative estimate of drug-likeness (QED) is 0.925. The standard InChI is InChI=1S/C15H19N3O2/c1-2-19-14-15(20-11-6-5-9-16-10-11)18-13-8-4-3-7-12(13)17-14/h3-4,7-8,11,16H,2,5-6,9-10H2,1H3/t11-/m0/s1. The molecular weight excluding hydrogens is 254 g/mol. The number of benzene rings is 1. The van der Waals surface area contributed by atoms with E-state index in [1.165, 1.54) is 0 Å². The van der Waals surface area contributed by atoms with Crippen LogP contribution in [-0.4, -0.2) is 35.8 Å². The van der Waals surface area contributed by atoms with Gasteiger partial charge in [0.05, 0.1) is 17.6 Å². The van der Waals surface area contributed by atoms with Gasteiger partial charge in [-0.25, -0.2) is 9.97 Å². The molecule has 3 rings (SSSR count). The lowest BCUT2D eigenvalue weighted by atomic mass is 10.1. The molecule has 5 heteroatoms. The molecule has 0 spiro atoms. The van der Waals surface area contributed by atoms with Crippen molar-refractivity contribution in [2.75, 3.05) is 19.7 Å². The van der Waals surface area contributed by atoms with Crippen LogP contribution in [0.5, 0.6) is 11.8 Å². The molecule has 1 N–H and O–H groups in total. The highest BCUT2D eigenvalue weighted by molar-refractivity contribution is 5.75. The molecule has 20 heavy (non-hydrogen) atoms. The summed E-state index contributed by atoms with van der Waals surface area (Å²) in [5.74, 6) is 0.982. The molecule has 1 atom stereocenters. The first-order valence-corrected chi connectivity index (χ1v) is 7.14. The molecule has 0 bridgehead atoms. The molecule has 0 aliphatic carbocycles. The number of piperidine rings is 1. The molecule has 2 heterocycles. The summed E-state index contributed by atoms with van der Waals surface area (Å²) in [6.45, 7) is 4.39. The molecule has 1 fully saturated rings. The molecule has 1 aromatic carbocycles. The molecular formula is C15H19N3O2. The van der Waals surface area contributed by atoms with Crippen LogP contribution in [0.3, 0.4) is 0 Å². The van der Waals surface area contributed by atoms with Crippen molar-refractivity contribution in [1.29, 1.82) is 0 Å². The first-order valence-electron chi connectivity index (χ1n) is 7.14. The molecule has 5 nitrogen and oxygen atoms in total. The van der Waals surface area contributed by atoms with Gasteiger partial charge in [0, 0.05) is 6.54 Å². The number of hydrogen-bond acceptors (Lipinski definition) is 5. The third-order valence-electron chi connectivity index (χ3n) is 3.32. The van der Waals surface area contributed by atoms with E-state index in [1.54, 1.807) is 0 Å².